The van der Waals surface area contributed by atoms with E-state index >= 15 is 0 Å². The highest BCUT2D eigenvalue weighted by molar-refractivity contribution is 6.54. The van der Waals surface area contributed by atoms with Crippen LogP contribution >= 0.6 is 23.2 Å². The average molecular weight is 195 g/mol. The Balaban J connectivity index is 3.19. The second-order valence-corrected chi connectivity index (χ2v) is 2.60. The third kappa shape index (κ3) is 1.34. The molecule has 2 nitrogen and oxygen atoms in total. The fourth-order valence-corrected chi connectivity index (χ4v) is 0.879. The molecule has 0 amide bonds. The van der Waals surface area contributed by atoms with E-state index in [0.29, 0.717) is 0 Å². The lowest BCUT2D eigenvalue weighted by Crippen LogP contribution is -2.11. The van der Waals surface area contributed by atoms with Gasteiger partial charge >= 0.3 is 0 Å². The Morgan fingerprint density at radius 3 is 2.36 bits per heavy atom. The quantitative estimate of drug-likeness (QED) is 0.551. The van der Waals surface area contributed by atoms with Gasteiger partial charge in [-0.3, -0.25) is 9.59 Å². The molecule has 0 saturated carbocycles. The smallest absolute Gasteiger partial charge is 0.234 e. The first-order valence-corrected chi connectivity index (χ1v) is 3.31. The number of hydrogen-bond acceptors (Lipinski definition) is 2. The van der Waals surface area contributed by atoms with Crippen LogP contribution in [0, 0.1) is 0 Å². The third-order valence-corrected chi connectivity index (χ3v) is 1.72. The van der Waals surface area contributed by atoms with Gasteiger partial charge in [-0.05, 0) is 0 Å². The summed E-state index contributed by atoms with van der Waals surface area (Å²) in [5.41, 5.74) is 0. The maximum atomic E-state index is 12.5. The van der Waals surface area contributed by atoms with Gasteiger partial charge in [0.2, 0.25) is 11.6 Å². The Bertz CT molecular complexity index is 304. The van der Waals surface area contributed by atoms with Gasteiger partial charge in [0, 0.05) is 6.08 Å². The topological polar surface area (TPSA) is 34.1 Å². The minimum atomic E-state index is -1.29. The number of allylic oxidation sites excluding steroid dienone is 4. The van der Waals surface area contributed by atoms with Crippen LogP contribution < -0.4 is 0 Å². The van der Waals surface area contributed by atoms with Crippen LogP contribution in [0.25, 0.3) is 0 Å². The lowest BCUT2D eigenvalue weighted by atomic mass is 10.1. The Kier molecular flexibility index (Phi) is 2.11. The van der Waals surface area contributed by atoms with Crippen molar-refractivity contribution in [3.05, 3.63) is 22.0 Å². The van der Waals surface area contributed by atoms with Gasteiger partial charge in [0.15, 0.2) is 5.83 Å². The first kappa shape index (κ1) is 8.43. The van der Waals surface area contributed by atoms with Crippen molar-refractivity contribution in [3.8, 4) is 0 Å². The zero-order valence-electron chi connectivity index (χ0n) is 5.03. The SMILES string of the molecule is O=C1C=C(Cl)C(=O)C(F)=C1Cl. The fraction of sp³-hybridized carbons (Fsp3) is 0. The van der Waals surface area contributed by atoms with Crippen molar-refractivity contribution in [1.29, 1.82) is 0 Å². The summed E-state index contributed by atoms with van der Waals surface area (Å²) in [6.45, 7) is 0. The first-order valence-electron chi connectivity index (χ1n) is 2.55. The normalized spacial score (nSPS) is 19.0. The molecule has 58 valence electrons. The molecule has 0 fully saturated rings. The molecular formula is C6HCl2FO2. The highest BCUT2D eigenvalue weighted by atomic mass is 35.5. The van der Waals surface area contributed by atoms with E-state index in [1.165, 1.54) is 0 Å². The third-order valence-electron chi connectivity index (χ3n) is 1.08. The van der Waals surface area contributed by atoms with Crippen LogP contribution in [-0.4, -0.2) is 11.6 Å². The molecule has 0 saturated heterocycles. The maximum absolute atomic E-state index is 12.5. The Hall–Kier alpha value is -0.670. The molecule has 0 radical (unpaired) electrons. The molecule has 11 heavy (non-hydrogen) atoms. The number of ketones is 2. The van der Waals surface area contributed by atoms with Crippen molar-refractivity contribution < 1.29 is 14.0 Å². The molecule has 0 aromatic rings. The van der Waals surface area contributed by atoms with Gasteiger partial charge in [0.25, 0.3) is 0 Å². The molecule has 0 bridgehead atoms. The molecule has 0 unspecified atom stereocenters. The lowest BCUT2D eigenvalue weighted by molar-refractivity contribution is -0.116. The lowest BCUT2D eigenvalue weighted by Gasteiger charge is -2.03. The molecule has 1 aliphatic carbocycles. The summed E-state index contributed by atoms with van der Waals surface area (Å²) in [5.74, 6) is -3.12. The van der Waals surface area contributed by atoms with E-state index in [1.807, 2.05) is 0 Å². The van der Waals surface area contributed by atoms with Crippen molar-refractivity contribution in [2.45, 2.75) is 0 Å². The van der Waals surface area contributed by atoms with Crippen LogP contribution in [0.3, 0.4) is 0 Å². The van der Waals surface area contributed by atoms with Crippen LogP contribution in [0.4, 0.5) is 4.39 Å². The summed E-state index contributed by atoms with van der Waals surface area (Å²) in [4.78, 5) is 21.2. The predicted octanol–water partition coefficient (Wildman–Crippen LogP) is 1.68. The van der Waals surface area contributed by atoms with Crippen LogP contribution in [0.2, 0.25) is 0 Å². The zero-order chi connectivity index (χ0) is 8.59. The summed E-state index contributed by atoms with van der Waals surface area (Å²) in [7, 11) is 0. The molecule has 0 atom stereocenters. The Labute approximate surface area is 71.3 Å². The molecule has 1 aliphatic rings. The number of hydrogen-bond donors (Lipinski definition) is 0. The van der Waals surface area contributed by atoms with Gasteiger partial charge in [0.05, 0.1) is 5.03 Å². The van der Waals surface area contributed by atoms with Crippen LogP contribution in [0.5, 0.6) is 0 Å². The summed E-state index contributed by atoms with van der Waals surface area (Å²) in [6, 6.07) is 0. The molecule has 5 heteroatoms. The van der Waals surface area contributed by atoms with Gasteiger partial charge in [-0.2, -0.15) is 0 Å². The number of halogens is 3. The molecule has 0 spiro atoms. The second kappa shape index (κ2) is 2.75. The number of rotatable bonds is 0. The van der Waals surface area contributed by atoms with E-state index in [9.17, 15) is 14.0 Å². The Morgan fingerprint density at radius 2 is 1.82 bits per heavy atom. The largest absolute Gasteiger partial charge is 0.288 e. The fourth-order valence-electron chi connectivity index (χ4n) is 0.557. The molecule has 0 aromatic heterocycles. The maximum Gasteiger partial charge on any atom is 0.234 e. The van der Waals surface area contributed by atoms with Crippen molar-refractivity contribution in [2.75, 3.05) is 0 Å². The van der Waals surface area contributed by atoms with Crippen LogP contribution in [-0.2, 0) is 9.59 Å². The monoisotopic (exact) mass is 194 g/mol. The second-order valence-electron chi connectivity index (χ2n) is 1.81. The van der Waals surface area contributed by atoms with Crippen molar-refractivity contribution in [3.63, 3.8) is 0 Å². The summed E-state index contributed by atoms with van der Waals surface area (Å²) < 4.78 is 12.5. The predicted molar refractivity (Wildman–Crippen MR) is 37.9 cm³/mol. The van der Waals surface area contributed by atoms with Gasteiger partial charge in [-0.1, -0.05) is 23.2 Å². The van der Waals surface area contributed by atoms with Crippen molar-refractivity contribution in [2.24, 2.45) is 0 Å². The first-order chi connectivity index (χ1) is 5.04. The molecule has 0 aromatic carbocycles. The van der Waals surface area contributed by atoms with E-state index in [1.54, 1.807) is 0 Å². The van der Waals surface area contributed by atoms with Gasteiger partial charge in [-0.15, -0.1) is 0 Å². The van der Waals surface area contributed by atoms with E-state index in [0.717, 1.165) is 6.08 Å². The minimum absolute atomic E-state index is 0.447. The Morgan fingerprint density at radius 1 is 1.27 bits per heavy atom. The van der Waals surface area contributed by atoms with Crippen molar-refractivity contribution in [1.82, 2.24) is 0 Å². The van der Waals surface area contributed by atoms with E-state index in [4.69, 9.17) is 23.2 Å². The van der Waals surface area contributed by atoms with Crippen LogP contribution in [0.15, 0.2) is 22.0 Å². The molecule has 0 aliphatic heterocycles. The van der Waals surface area contributed by atoms with Crippen LogP contribution in [0.1, 0.15) is 0 Å². The van der Waals surface area contributed by atoms with Gasteiger partial charge < -0.3 is 0 Å². The number of Topliss-reactive ketones (excluding diaryl/α,β-unsaturated/α-hetero) is 1. The zero-order valence-corrected chi connectivity index (χ0v) is 6.54. The summed E-state index contributed by atoms with van der Waals surface area (Å²) in [6.07, 6.45) is 0.787. The molecule has 0 heterocycles. The standard InChI is InChI=1S/C6HCl2FO2/c7-2-1-3(10)4(8)5(9)6(2)11/h1H. The van der Waals surface area contributed by atoms with Crippen molar-refractivity contribution >= 4 is 34.8 Å². The van der Waals surface area contributed by atoms with E-state index < -0.39 is 27.5 Å². The molecule has 0 N–H and O–H groups in total. The molecule has 1 rings (SSSR count). The van der Waals surface area contributed by atoms with Gasteiger partial charge in [0.1, 0.15) is 5.03 Å². The molecular weight excluding hydrogens is 194 g/mol. The summed E-state index contributed by atoms with van der Waals surface area (Å²) >= 11 is 10.3. The number of carbonyl (C=O) groups is 2. The average Bonchev–Trinajstić information content (AvgIpc) is 1.97. The van der Waals surface area contributed by atoms with Gasteiger partial charge in [-0.25, -0.2) is 4.39 Å². The van der Waals surface area contributed by atoms with E-state index in [2.05, 4.69) is 0 Å². The highest BCUT2D eigenvalue weighted by Crippen LogP contribution is 2.24. The minimum Gasteiger partial charge on any atom is -0.288 e. The van der Waals surface area contributed by atoms with E-state index in [-0.39, 0.29) is 0 Å². The highest BCUT2D eigenvalue weighted by Gasteiger charge is 2.26. The number of carbonyl (C=O) groups excluding carboxylic acids is 2. The summed E-state index contributed by atoms with van der Waals surface area (Å²) in [5, 5.41) is -1.16.